The van der Waals surface area contributed by atoms with Crippen LogP contribution in [0.15, 0.2) is 65.0 Å². The van der Waals surface area contributed by atoms with Gasteiger partial charge in [0.1, 0.15) is 0 Å². The monoisotopic (exact) mass is 468 g/mol. The number of aryl methyl sites for hydroxylation is 1. The first-order valence-electron chi connectivity index (χ1n) is 9.31. The first-order chi connectivity index (χ1) is 14.7. The van der Waals surface area contributed by atoms with E-state index in [1.54, 1.807) is 12.1 Å². The topological polar surface area (TPSA) is 76.1 Å². The van der Waals surface area contributed by atoms with Crippen molar-refractivity contribution >= 4 is 27.1 Å². The molecule has 0 saturated heterocycles. The van der Waals surface area contributed by atoms with Crippen molar-refractivity contribution in [3.8, 4) is 0 Å². The van der Waals surface area contributed by atoms with Gasteiger partial charge in [-0.15, -0.1) is 11.3 Å². The van der Waals surface area contributed by atoms with Crippen molar-refractivity contribution in [2.24, 2.45) is 0 Å². The number of nitrogens with zero attached hydrogens (tertiary/aromatic N) is 1. The number of hydrogen-bond acceptors (Lipinski definition) is 5. The lowest BCUT2D eigenvalue weighted by molar-refractivity contribution is -0.137. The zero-order chi connectivity index (χ0) is 22.5. The predicted molar refractivity (Wildman–Crippen MR) is 112 cm³/mol. The summed E-state index contributed by atoms with van der Waals surface area (Å²) in [5, 5.41) is 4.71. The highest BCUT2D eigenvalue weighted by Crippen LogP contribution is 2.30. The Balaban J connectivity index is 1.65. The van der Waals surface area contributed by atoms with Gasteiger partial charge in [-0.1, -0.05) is 12.1 Å². The third kappa shape index (κ3) is 6.14. The SMILES string of the molecule is O=C(NCc1cccs1)c1cccnc1CCCS(=O)(=O)c1cccc(C(F)(F)F)c1. The Labute approximate surface area is 181 Å². The number of amides is 1. The fourth-order valence-corrected chi connectivity index (χ4v) is 4.93. The Morgan fingerprint density at radius 1 is 1.10 bits per heavy atom. The molecule has 10 heteroatoms. The molecule has 2 heterocycles. The van der Waals surface area contributed by atoms with Crippen LogP contribution in [0.1, 0.15) is 32.9 Å². The molecule has 0 bridgehead atoms. The zero-order valence-corrected chi connectivity index (χ0v) is 17.9. The lowest BCUT2D eigenvalue weighted by atomic mass is 10.1. The molecule has 3 aromatic rings. The average molecular weight is 469 g/mol. The number of halogens is 3. The quantitative estimate of drug-likeness (QED) is 0.528. The number of alkyl halides is 3. The van der Waals surface area contributed by atoms with E-state index < -0.39 is 21.6 Å². The number of sulfone groups is 1. The first kappa shape index (κ1) is 23.0. The average Bonchev–Trinajstić information content (AvgIpc) is 3.25. The standard InChI is InChI=1S/C21H19F3N2O3S2/c22-21(23,24)15-5-1-7-17(13-15)31(28,29)12-4-9-19-18(8-2-10-25-19)20(27)26-14-16-6-3-11-30-16/h1-3,5-8,10-11,13H,4,9,12,14H2,(H,26,27). The van der Waals surface area contributed by atoms with Gasteiger partial charge in [-0.05, 0) is 54.6 Å². The molecule has 0 atom stereocenters. The molecule has 31 heavy (non-hydrogen) atoms. The molecule has 0 fully saturated rings. The second-order valence-corrected chi connectivity index (χ2v) is 9.85. The number of nitrogens with one attached hydrogen (secondary N) is 1. The zero-order valence-electron chi connectivity index (χ0n) is 16.2. The maximum atomic E-state index is 12.9. The molecule has 2 aromatic heterocycles. The molecule has 5 nitrogen and oxygen atoms in total. The van der Waals surface area contributed by atoms with Gasteiger partial charge >= 0.3 is 6.18 Å². The van der Waals surface area contributed by atoms with Crippen molar-refractivity contribution in [2.75, 3.05) is 5.75 Å². The third-order valence-electron chi connectivity index (χ3n) is 4.49. The number of carbonyl (C=O) groups excluding carboxylic acids is 1. The second-order valence-electron chi connectivity index (χ2n) is 6.71. The summed E-state index contributed by atoms with van der Waals surface area (Å²) in [7, 11) is -3.91. The molecule has 1 aromatic carbocycles. The molecule has 0 aliphatic rings. The van der Waals surface area contributed by atoms with Gasteiger partial charge in [0.15, 0.2) is 9.84 Å². The van der Waals surface area contributed by atoms with Gasteiger partial charge in [-0.2, -0.15) is 13.2 Å². The van der Waals surface area contributed by atoms with Crippen LogP contribution in [-0.2, 0) is 29.0 Å². The summed E-state index contributed by atoms with van der Waals surface area (Å²) >= 11 is 1.51. The second kappa shape index (κ2) is 9.61. The molecule has 1 amide bonds. The van der Waals surface area contributed by atoms with Crippen molar-refractivity contribution in [3.63, 3.8) is 0 Å². The van der Waals surface area contributed by atoms with Gasteiger partial charge in [0.2, 0.25) is 0 Å². The summed E-state index contributed by atoms with van der Waals surface area (Å²) in [4.78, 5) is 17.3. The Bertz CT molecular complexity index is 1140. The van der Waals surface area contributed by atoms with Crippen LogP contribution >= 0.6 is 11.3 Å². The van der Waals surface area contributed by atoms with E-state index in [2.05, 4.69) is 10.3 Å². The van der Waals surface area contributed by atoms with E-state index in [1.807, 2.05) is 17.5 Å². The number of aromatic nitrogens is 1. The van der Waals surface area contributed by atoms with Crippen LogP contribution in [0.5, 0.6) is 0 Å². The summed E-state index contributed by atoms with van der Waals surface area (Å²) in [6, 6.07) is 10.7. The third-order valence-corrected chi connectivity index (χ3v) is 7.16. The van der Waals surface area contributed by atoms with Crippen LogP contribution in [0.4, 0.5) is 13.2 Å². The fourth-order valence-electron chi connectivity index (χ4n) is 2.93. The highest BCUT2D eigenvalue weighted by molar-refractivity contribution is 7.91. The first-order valence-corrected chi connectivity index (χ1v) is 11.8. The maximum absolute atomic E-state index is 12.9. The molecular weight excluding hydrogens is 449 g/mol. The summed E-state index contributed by atoms with van der Waals surface area (Å²) in [6.45, 7) is 0.370. The van der Waals surface area contributed by atoms with Crippen LogP contribution in [0.3, 0.4) is 0 Å². The van der Waals surface area contributed by atoms with Gasteiger partial charge in [0.05, 0.1) is 34.0 Å². The van der Waals surface area contributed by atoms with Crippen LogP contribution in [-0.4, -0.2) is 25.1 Å². The van der Waals surface area contributed by atoms with E-state index in [0.29, 0.717) is 23.9 Å². The summed E-state index contributed by atoms with van der Waals surface area (Å²) in [5.74, 6) is -0.682. The van der Waals surface area contributed by atoms with Crippen LogP contribution < -0.4 is 5.32 Å². The minimum Gasteiger partial charge on any atom is -0.347 e. The van der Waals surface area contributed by atoms with E-state index in [0.717, 1.165) is 23.1 Å². The molecular formula is C21H19F3N2O3S2. The number of thiophene rings is 1. The molecule has 0 unspecified atom stereocenters. The van der Waals surface area contributed by atoms with Gasteiger partial charge in [-0.3, -0.25) is 9.78 Å². The van der Waals surface area contributed by atoms with E-state index in [9.17, 15) is 26.4 Å². The van der Waals surface area contributed by atoms with Gasteiger partial charge in [0, 0.05) is 11.1 Å². The minimum absolute atomic E-state index is 0.112. The lowest BCUT2D eigenvalue weighted by Gasteiger charge is -2.11. The number of benzene rings is 1. The molecule has 1 N–H and O–H groups in total. The van der Waals surface area contributed by atoms with Crippen molar-refractivity contribution in [2.45, 2.75) is 30.5 Å². The fraction of sp³-hybridized carbons (Fsp3) is 0.238. The Morgan fingerprint density at radius 3 is 2.61 bits per heavy atom. The highest BCUT2D eigenvalue weighted by atomic mass is 32.2. The molecule has 0 spiro atoms. The van der Waals surface area contributed by atoms with Crippen molar-refractivity contribution in [1.29, 1.82) is 0 Å². The van der Waals surface area contributed by atoms with Crippen LogP contribution in [0, 0.1) is 0 Å². The smallest absolute Gasteiger partial charge is 0.347 e. The van der Waals surface area contributed by atoms with Crippen LogP contribution in [0.25, 0.3) is 0 Å². The minimum atomic E-state index is -4.62. The van der Waals surface area contributed by atoms with Crippen molar-refractivity contribution in [1.82, 2.24) is 10.3 Å². The van der Waals surface area contributed by atoms with Gasteiger partial charge in [0.25, 0.3) is 5.91 Å². The number of hydrogen-bond donors (Lipinski definition) is 1. The summed E-state index contributed by atoms with van der Waals surface area (Å²) < 4.78 is 63.6. The number of carbonyl (C=O) groups is 1. The normalized spacial score (nSPS) is 12.0. The molecule has 164 valence electrons. The summed E-state index contributed by atoms with van der Waals surface area (Å²) in [6.07, 6.45) is -2.81. The molecule has 0 radical (unpaired) electrons. The van der Waals surface area contributed by atoms with Crippen molar-refractivity contribution in [3.05, 3.63) is 81.8 Å². The largest absolute Gasteiger partial charge is 0.416 e. The molecule has 0 aliphatic carbocycles. The molecule has 0 aliphatic heterocycles. The highest BCUT2D eigenvalue weighted by Gasteiger charge is 2.31. The van der Waals surface area contributed by atoms with Crippen LogP contribution in [0.2, 0.25) is 0 Å². The van der Waals surface area contributed by atoms with E-state index in [1.165, 1.54) is 17.5 Å². The van der Waals surface area contributed by atoms with E-state index >= 15 is 0 Å². The van der Waals surface area contributed by atoms with E-state index in [4.69, 9.17) is 0 Å². The van der Waals surface area contributed by atoms with Crippen molar-refractivity contribution < 1.29 is 26.4 Å². The Morgan fingerprint density at radius 2 is 1.90 bits per heavy atom. The van der Waals surface area contributed by atoms with Gasteiger partial charge in [-0.25, -0.2) is 8.42 Å². The maximum Gasteiger partial charge on any atom is 0.416 e. The summed E-state index contributed by atoms with van der Waals surface area (Å²) in [5.41, 5.74) is -0.232. The molecule has 3 rings (SSSR count). The molecule has 0 saturated carbocycles. The number of pyridine rings is 1. The predicted octanol–water partition coefficient (Wildman–Crippen LogP) is 4.50. The lowest BCUT2D eigenvalue weighted by Crippen LogP contribution is -2.24. The Hall–Kier alpha value is -2.72. The van der Waals surface area contributed by atoms with Gasteiger partial charge < -0.3 is 5.32 Å². The van der Waals surface area contributed by atoms with E-state index in [-0.39, 0.29) is 29.4 Å². The Kier molecular flexibility index (Phi) is 7.11. The number of rotatable bonds is 8.